The summed E-state index contributed by atoms with van der Waals surface area (Å²) in [7, 11) is 3.41. The lowest BCUT2D eigenvalue weighted by Gasteiger charge is -2.03. The fourth-order valence-electron chi connectivity index (χ4n) is 1.94. The number of nitrogens with zero attached hydrogens (tertiary/aromatic N) is 1. The molecule has 0 saturated heterocycles. The Kier molecular flexibility index (Phi) is 4.59. The first kappa shape index (κ1) is 13.3. The summed E-state index contributed by atoms with van der Waals surface area (Å²) in [4.78, 5) is 11.7. The van der Waals surface area contributed by atoms with Crippen molar-refractivity contribution in [3.63, 3.8) is 0 Å². The number of aromatic nitrogens is 1. The molecular weight excluding hydrogens is 270 g/mol. The fraction of sp³-hybridized carbons (Fsp3) is 0.583. The van der Waals surface area contributed by atoms with Gasteiger partial charge in [0.1, 0.15) is 0 Å². The Labute approximate surface area is 105 Å². The first-order valence-electron chi connectivity index (χ1n) is 5.33. The fourth-order valence-corrected chi connectivity index (χ4v) is 2.22. The lowest BCUT2D eigenvalue weighted by Crippen LogP contribution is -2.06. The van der Waals surface area contributed by atoms with Crippen molar-refractivity contribution in [1.29, 1.82) is 0 Å². The summed E-state index contributed by atoms with van der Waals surface area (Å²) in [5, 5.41) is 0.945. The quantitative estimate of drug-likeness (QED) is 0.630. The number of hydrogen-bond acceptors (Lipinski definition) is 2. The van der Waals surface area contributed by atoms with E-state index >= 15 is 0 Å². The number of esters is 1. The maximum atomic E-state index is 11.7. The molecule has 0 N–H and O–H groups in total. The highest BCUT2D eigenvalue weighted by Crippen LogP contribution is 2.23. The van der Waals surface area contributed by atoms with Crippen molar-refractivity contribution >= 4 is 21.9 Å². The molecule has 0 amide bonds. The van der Waals surface area contributed by atoms with Gasteiger partial charge >= 0.3 is 5.97 Å². The zero-order valence-electron chi connectivity index (χ0n) is 10.3. The summed E-state index contributed by atoms with van der Waals surface area (Å²) >= 11 is 3.41. The second kappa shape index (κ2) is 5.53. The molecule has 1 aromatic heterocycles. The number of hydrogen-bond donors (Lipinski definition) is 0. The molecule has 0 radical (unpaired) electrons. The molecule has 0 spiro atoms. The number of alkyl halides is 1. The number of halogens is 1. The third-order valence-corrected chi connectivity index (χ3v) is 3.62. The van der Waals surface area contributed by atoms with Gasteiger partial charge in [-0.15, -0.1) is 0 Å². The minimum absolute atomic E-state index is 0.231. The van der Waals surface area contributed by atoms with Gasteiger partial charge in [0.25, 0.3) is 0 Å². The molecule has 16 heavy (non-hydrogen) atoms. The molecule has 1 rings (SSSR count). The predicted octanol–water partition coefficient (Wildman–Crippen LogP) is 2.76. The average molecular weight is 288 g/mol. The molecular formula is C12H18BrNO2. The standard InChI is InChI=1S/C12H18BrNO2/c1-8-10(6-5-7-13)11(12(15)16-4)9(2)14(8)3/h5-7H2,1-4H3. The maximum Gasteiger partial charge on any atom is 0.339 e. The van der Waals surface area contributed by atoms with E-state index < -0.39 is 0 Å². The Bertz CT molecular complexity index is 396. The minimum Gasteiger partial charge on any atom is -0.465 e. The van der Waals surface area contributed by atoms with Crippen LogP contribution in [0.15, 0.2) is 0 Å². The van der Waals surface area contributed by atoms with Crippen molar-refractivity contribution in [3.05, 3.63) is 22.5 Å². The smallest absolute Gasteiger partial charge is 0.339 e. The Balaban J connectivity index is 3.22. The number of carbonyl (C=O) groups is 1. The van der Waals surface area contributed by atoms with Gasteiger partial charge in [0, 0.05) is 23.8 Å². The van der Waals surface area contributed by atoms with Crippen molar-refractivity contribution in [1.82, 2.24) is 4.57 Å². The van der Waals surface area contributed by atoms with E-state index in [9.17, 15) is 4.79 Å². The van der Waals surface area contributed by atoms with E-state index in [0.29, 0.717) is 0 Å². The average Bonchev–Trinajstić information content (AvgIpc) is 2.50. The molecule has 0 aliphatic rings. The lowest BCUT2D eigenvalue weighted by molar-refractivity contribution is 0.0598. The third kappa shape index (κ3) is 2.32. The van der Waals surface area contributed by atoms with Crippen LogP contribution in [0.5, 0.6) is 0 Å². The van der Waals surface area contributed by atoms with Crippen LogP contribution in [0.2, 0.25) is 0 Å². The summed E-state index contributed by atoms with van der Waals surface area (Å²) in [5.41, 5.74) is 3.99. The molecule has 3 nitrogen and oxygen atoms in total. The first-order chi connectivity index (χ1) is 7.54. The molecule has 1 heterocycles. The number of rotatable bonds is 4. The number of methoxy groups -OCH3 is 1. The topological polar surface area (TPSA) is 31.2 Å². The molecule has 0 fully saturated rings. The molecule has 0 aromatic carbocycles. The van der Waals surface area contributed by atoms with Crippen molar-refractivity contribution < 1.29 is 9.53 Å². The molecule has 0 aliphatic heterocycles. The van der Waals surface area contributed by atoms with Crippen LogP contribution < -0.4 is 0 Å². The SMILES string of the molecule is COC(=O)c1c(CCCBr)c(C)n(C)c1C. The Morgan fingerprint density at radius 3 is 2.50 bits per heavy atom. The van der Waals surface area contributed by atoms with E-state index in [4.69, 9.17) is 4.74 Å². The van der Waals surface area contributed by atoms with E-state index in [1.807, 2.05) is 20.9 Å². The third-order valence-electron chi connectivity index (χ3n) is 3.06. The van der Waals surface area contributed by atoms with Crippen molar-refractivity contribution in [2.45, 2.75) is 26.7 Å². The van der Waals surface area contributed by atoms with Gasteiger partial charge in [-0.05, 0) is 32.3 Å². The summed E-state index contributed by atoms with van der Waals surface area (Å²) in [6, 6.07) is 0. The van der Waals surface area contributed by atoms with Crippen LogP contribution in [0.1, 0.15) is 33.7 Å². The van der Waals surface area contributed by atoms with E-state index in [1.54, 1.807) is 0 Å². The van der Waals surface area contributed by atoms with Crippen molar-refractivity contribution in [3.8, 4) is 0 Å². The highest BCUT2D eigenvalue weighted by molar-refractivity contribution is 9.09. The molecule has 1 aromatic rings. The van der Waals surface area contributed by atoms with Crippen LogP contribution in [-0.2, 0) is 18.2 Å². The van der Waals surface area contributed by atoms with E-state index in [0.717, 1.165) is 40.7 Å². The Morgan fingerprint density at radius 1 is 1.38 bits per heavy atom. The molecule has 0 aliphatic carbocycles. The molecule has 0 atom stereocenters. The van der Waals surface area contributed by atoms with Crippen LogP contribution in [0.25, 0.3) is 0 Å². The van der Waals surface area contributed by atoms with Gasteiger partial charge in [-0.3, -0.25) is 0 Å². The zero-order chi connectivity index (χ0) is 12.3. The number of ether oxygens (including phenoxy) is 1. The van der Waals surface area contributed by atoms with Gasteiger partial charge in [-0.2, -0.15) is 0 Å². The summed E-state index contributed by atoms with van der Waals surface area (Å²) in [5.74, 6) is -0.231. The van der Waals surface area contributed by atoms with Gasteiger partial charge in [0.2, 0.25) is 0 Å². The highest BCUT2D eigenvalue weighted by atomic mass is 79.9. The predicted molar refractivity (Wildman–Crippen MR) is 68.3 cm³/mol. The lowest BCUT2D eigenvalue weighted by atomic mass is 10.0. The Hall–Kier alpha value is -0.770. The van der Waals surface area contributed by atoms with E-state index in [2.05, 4.69) is 20.5 Å². The second-order valence-corrected chi connectivity index (χ2v) is 4.66. The van der Waals surface area contributed by atoms with Gasteiger partial charge in [0.15, 0.2) is 0 Å². The van der Waals surface area contributed by atoms with Crippen LogP contribution in [-0.4, -0.2) is 23.0 Å². The normalized spacial score (nSPS) is 10.6. The van der Waals surface area contributed by atoms with Crippen molar-refractivity contribution in [2.75, 3.05) is 12.4 Å². The van der Waals surface area contributed by atoms with Gasteiger partial charge in [-0.1, -0.05) is 15.9 Å². The van der Waals surface area contributed by atoms with Crippen molar-refractivity contribution in [2.24, 2.45) is 7.05 Å². The molecule has 0 bridgehead atoms. The van der Waals surface area contributed by atoms with Crippen LogP contribution in [0.4, 0.5) is 0 Å². The largest absolute Gasteiger partial charge is 0.465 e. The molecule has 0 saturated carbocycles. The van der Waals surface area contributed by atoms with E-state index in [-0.39, 0.29) is 5.97 Å². The summed E-state index contributed by atoms with van der Waals surface area (Å²) in [6.07, 6.45) is 1.93. The number of carbonyl (C=O) groups excluding carboxylic acids is 1. The zero-order valence-corrected chi connectivity index (χ0v) is 11.8. The van der Waals surface area contributed by atoms with E-state index in [1.165, 1.54) is 7.11 Å². The van der Waals surface area contributed by atoms with Crippen LogP contribution in [0.3, 0.4) is 0 Å². The molecule has 90 valence electrons. The van der Waals surface area contributed by atoms with Gasteiger partial charge in [-0.25, -0.2) is 4.79 Å². The van der Waals surface area contributed by atoms with Crippen LogP contribution in [0, 0.1) is 13.8 Å². The molecule has 4 heteroatoms. The molecule has 0 unspecified atom stereocenters. The first-order valence-corrected chi connectivity index (χ1v) is 6.45. The maximum absolute atomic E-state index is 11.7. The summed E-state index contributed by atoms with van der Waals surface area (Å²) < 4.78 is 6.89. The second-order valence-electron chi connectivity index (χ2n) is 3.87. The van der Waals surface area contributed by atoms with Gasteiger partial charge in [0.05, 0.1) is 12.7 Å². The monoisotopic (exact) mass is 287 g/mol. The van der Waals surface area contributed by atoms with Crippen LogP contribution >= 0.6 is 15.9 Å². The highest BCUT2D eigenvalue weighted by Gasteiger charge is 2.21. The summed E-state index contributed by atoms with van der Waals surface area (Å²) in [6.45, 7) is 4.00. The minimum atomic E-state index is -0.231. The Morgan fingerprint density at radius 2 is 2.00 bits per heavy atom. The van der Waals surface area contributed by atoms with Gasteiger partial charge < -0.3 is 9.30 Å².